The van der Waals surface area contributed by atoms with Gasteiger partial charge in [-0.2, -0.15) is 4.98 Å². The van der Waals surface area contributed by atoms with Crippen LogP contribution in [0, 0.1) is 0 Å². The molecular formula is C19H20Cl2N6O2. The third kappa shape index (κ3) is 3.89. The molecule has 0 unspecified atom stereocenters. The molecule has 2 aromatic heterocycles. The molecule has 1 fully saturated rings. The van der Waals surface area contributed by atoms with E-state index in [0.29, 0.717) is 38.2 Å². The Labute approximate surface area is 177 Å². The number of hydrogen-bond acceptors (Lipinski definition) is 7. The molecule has 152 valence electrons. The lowest BCUT2D eigenvalue weighted by atomic mass is 10.1. The molecule has 3 heterocycles. The van der Waals surface area contributed by atoms with Crippen molar-refractivity contribution >= 4 is 40.2 Å². The number of hydrogen-bond donors (Lipinski definition) is 1. The van der Waals surface area contributed by atoms with E-state index in [9.17, 15) is 4.79 Å². The van der Waals surface area contributed by atoms with Crippen LogP contribution in [-0.2, 0) is 0 Å². The second kappa shape index (κ2) is 8.16. The fourth-order valence-electron chi connectivity index (χ4n) is 3.29. The van der Waals surface area contributed by atoms with E-state index in [1.54, 1.807) is 30.5 Å². The second-order valence-corrected chi connectivity index (χ2v) is 7.63. The minimum atomic E-state index is -0.403. The Kier molecular flexibility index (Phi) is 5.60. The van der Waals surface area contributed by atoms with Crippen molar-refractivity contribution in [2.24, 2.45) is 0 Å². The van der Waals surface area contributed by atoms with E-state index in [2.05, 4.69) is 27.3 Å². The van der Waals surface area contributed by atoms with Gasteiger partial charge in [0.15, 0.2) is 5.65 Å². The summed E-state index contributed by atoms with van der Waals surface area (Å²) >= 11 is 12.6. The van der Waals surface area contributed by atoms with E-state index in [1.807, 2.05) is 5.01 Å². The molecule has 4 rings (SSSR count). The number of piperazine rings is 1. The van der Waals surface area contributed by atoms with Gasteiger partial charge in [-0.1, -0.05) is 29.3 Å². The van der Waals surface area contributed by atoms with Gasteiger partial charge in [-0.3, -0.25) is 10.2 Å². The number of nitrogens with zero attached hydrogens (tertiary/aromatic N) is 5. The number of hydrazine groups is 1. The maximum atomic E-state index is 13.1. The normalized spacial score (nSPS) is 15.6. The summed E-state index contributed by atoms with van der Waals surface area (Å²) in [6.07, 6.45) is 1.64. The van der Waals surface area contributed by atoms with Crippen molar-refractivity contribution < 1.29 is 4.84 Å². The number of pyridine rings is 1. The van der Waals surface area contributed by atoms with Crippen LogP contribution in [-0.4, -0.2) is 64.9 Å². The molecule has 0 amide bonds. The predicted molar refractivity (Wildman–Crippen MR) is 114 cm³/mol. The third-order valence-electron chi connectivity index (χ3n) is 4.88. The van der Waals surface area contributed by atoms with Crippen LogP contribution in [0.4, 0.5) is 5.95 Å². The van der Waals surface area contributed by atoms with Crippen LogP contribution in [0.3, 0.4) is 0 Å². The molecule has 8 nitrogen and oxygen atoms in total. The lowest BCUT2D eigenvalue weighted by molar-refractivity contribution is 0.167. The van der Waals surface area contributed by atoms with Crippen molar-refractivity contribution in [3.05, 3.63) is 50.9 Å². The molecule has 1 aliphatic heterocycles. The number of anilines is 1. The average Bonchev–Trinajstić information content (AvgIpc) is 2.70. The number of nitrogens with one attached hydrogen (secondary N) is 1. The molecule has 0 atom stereocenters. The number of benzene rings is 1. The van der Waals surface area contributed by atoms with Gasteiger partial charge >= 0.3 is 0 Å². The summed E-state index contributed by atoms with van der Waals surface area (Å²) in [7, 11) is 3.50. The molecule has 3 aromatic rings. The highest BCUT2D eigenvalue weighted by Crippen LogP contribution is 2.33. The molecule has 1 N–H and O–H groups in total. The Morgan fingerprint density at radius 3 is 2.48 bits per heavy atom. The van der Waals surface area contributed by atoms with E-state index in [1.165, 1.54) is 7.11 Å². The molecular weight excluding hydrogens is 415 g/mol. The topological polar surface area (TPSA) is 75.5 Å². The van der Waals surface area contributed by atoms with Gasteiger partial charge in [0.05, 0.1) is 15.6 Å². The van der Waals surface area contributed by atoms with Crippen LogP contribution < -0.4 is 15.8 Å². The fraction of sp³-hybridized carbons (Fsp3) is 0.316. The Balaban J connectivity index is 1.77. The quantitative estimate of drug-likeness (QED) is 0.675. The zero-order valence-corrected chi connectivity index (χ0v) is 17.5. The SMILES string of the molecule is COn1c(=O)c(-c2c(Cl)cccc2Cl)cc2cnc(NN3CCN(C)CC3)nc21. The molecule has 0 aliphatic carbocycles. The van der Waals surface area contributed by atoms with Crippen LogP contribution in [0.5, 0.6) is 0 Å². The summed E-state index contributed by atoms with van der Waals surface area (Å²) in [6, 6.07) is 6.77. The molecule has 10 heteroatoms. The van der Waals surface area contributed by atoms with E-state index in [0.717, 1.165) is 30.9 Å². The largest absolute Gasteiger partial charge is 0.412 e. The molecule has 0 bridgehead atoms. The van der Waals surface area contributed by atoms with Crippen LogP contribution in [0.15, 0.2) is 35.3 Å². The van der Waals surface area contributed by atoms with Crippen molar-refractivity contribution in [3.63, 3.8) is 0 Å². The van der Waals surface area contributed by atoms with Crippen LogP contribution in [0.1, 0.15) is 0 Å². The van der Waals surface area contributed by atoms with Gasteiger partial charge in [0, 0.05) is 43.3 Å². The maximum absolute atomic E-state index is 13.1. The molecule has 1 saturated heterocycles. The number of aromatic nitrogens is 3. The first-order chi connectivity index (χ1) is 14.0. The molecule has 0 radical (unpaired) electrons. The first-order valence-electron chi connectivity index (χ1n) is 9.09. The standard InChI is InChI=1S/C19H20Cl2N6O2/c1-25-6-8-26(9-7-25)24-19-22-11-12-10-13(16-14(20)4-3-5-15(16)21)18(28)27(29-2)17(12)23-19/h3-5,10-11H,6-9H2,1-2H3,(H,22,23,24). The Hall–Kier alpha value is -2.39. The first kappa shape index (κ1) is 19.9. The van der Waals surface area contributed by atoms with E-state index >= 15 is 0 Å². The zero-order chi connectivity index (χ0) is 20.5. The first-order valence-corrected chi connectivity index (χ1v) is 9.85. The summed E-state index contributed by atoms with van der Waals surface area (Å²) < 4.78 is 1.13. The summed E-state index contributed by atoms with van der Waals surface area (Å²) in [5.74, 6) is 0.399. The Morgan fingerprint density at radius 1 is 1.14 bits per heavy atom. The Bertz CT molecular complexity index is 1090. The molecule has 1 aliphatic rings. The van der Waals surface area contributed by atoms with Crippen molar-refractivity contribution in [1.82, 2.24) is 24.6 Å². The molecule has 0 spiro atoms. The van der Waals surface area contributed by atoms with Gasteiger partial charge in [-0.05, 0) is 25.2 Å². The number of halogens is 2. The fourth-order valence-corrected chi connectivity index (χ4v) is 3.89. The minimum Gasteiger partial charge on any atom is -0.412 e. The van der Waals surface area contributed by atoms with E-state index in [4.69, 9.17) is 28.0 Å². The lowest BCUT2D eigenvalue weighted by Gasteiger charge is -2.32. The van der Waals surface area contributed by atoms with Crippen LogP contribution >= 0.6 is 23.2 Å². The van der Waals surface area contributed by atoms with Crippen molar-refractivity contribution in [3.8, 4) is 11.1 Å². The number of likely N-dealkylation sites (N-methyl/N-ethyl adjacent to an activating group) is 1. The molecule has 1 aromatic carbocycles. The van der Waals surface area contributed by atoms with Gasteiger partial charge < -0.3 is 9.74 Å². The number of rotatable bonds is 4. The van der Waals surface area contributed by atoms with Gasteiger partial charge in [0.1, 0.15) is 7.11 Å². The summed E-state index contributed by atoms with van der Waals surface area (Å²) in [4.78, 5) is 29.6. The average molecular weight is 435 g/mol. The van der Waals surface area contributed by atoms with Crippen molar-refractivity contribution in [1.29, 1.82) is 0 Å². The van der Waals surface area contributed by atoms with E-state index < -0.39 is 5.56 Å². The smallest absolute Gasteiger partial charge is 0.293 e. The minimum absolute atomic E-state index is 0.318. The van der Waals surface area contributed by atoms with Crippen molar-refractivity contribution in [2.45, 2.75) is 0 Å². The highest BCUT2D eigenvalue weighted by molar-refractivity contribution is 6.39. The Morgan fingerprint density at radius 2 is 1.83 bits per heavy atom. The molecule has 0 saturated carbocycles. The predicted octanol–water partition coefficient (Wildman–Crippen LogP) is 2.40. The summed E-state index contributed by atoms with van der Waals surface area (Å²) in [5.41, 5.74) is 3.92. The van der Waals surface area contributed by atoms with E-state index in [-0.39, 0.29) is 0 Å². The van der Waals surface area contributed by atoms with Crippen LogP contribution in [0.25, 0.3) is 22.2 Å². The van der Waals surface area contributed by atoms with Crippen LogP contribution in [0.2, 0.25) is 10.0 Å². The molecule has 29 heavy (non-hydrogen) atoms. The highest BCUT2D eigenvalue weighted by atomic mass is 35.5. The van der Waals surface area contributed by atoms with Crippen molar-refractivity contribution in [2.75, 3.05) is 45.8 Å². The lowest BCUT2D eigenvalue weighted by Crippen LogP contribution is -2.47. The summed E-state index contributed by atoms with van der Waals surface area (Å²) in [6.45, 7) is 3.59. The second-order valence-electron chi connectivity index (χ2n) is 6.81. The summed E-state index contributed by atoms with van der Waals surface area (Å²) in [5, 5.41) is 3.44. The number of fused-ring (bicyclic) bond motifs is 1. The third-order valence-corrected chi connectivity index (χ3v) is 5.51. The highest BCUT2D eigenvalue weighted by Gasteiger charge is 2.19. The zero-order valence-electron chi connectivity index (χ0n) is 16.0. The van der Waals surface area contributed by atoms with Gasteiger partial charge in [-0.15, -0.1) is 4.73 Å². The van der Waals surface area contributed by atoms with Gasteiger partial charge in [0.2, 0.25) is 5.95 Å². The van der Waals surface area contributed by atoms with Gasteiger partial charge in [-0.25, -0.2) is 9.99 Å². The van der Waals surface area contributed by atoms with Gasteiger partial charge in [0.25, 0.3) is 5.56 Å². The monoisotopic (exact) mass is 434 g/mol. The maximum Gasteiger partial charge on any atom is 0.293 e.